The van der Waals surface area contributed by atoms with Crippen molar-refractivity contribution in [2.24, 2.45) is 0 Å². The molecule has 5 nitrogen and oxygen atoms in total. The predicted molar refractivity (Wildman–Crippen MR) is 88.5 cm³/mol. The number of allylic oxidation sites excluding steroid dienone is 1. The normalized spacial score (nSPS) is 10.4. The molecular formula is C14H15BrN4OS. The van der Waals surface area contributed by atoms with Crippen molar-refractivity contribution in [2.45, 2.75) is 18.6 Å². The average Bonchev–Trinajstić information content (AvgIpc) is 2.89. The summed E-state index contributed by atoms with van der Waals surface area (Å²) >= 11 is 4.79. The lowest BCUT2D eigenvalue weighted by Crippen LogP contribution is -2.14. The minimum absolute atomic E-state index is 0.0797. The number of hydrogen-bond acceptors (Lipinski definition) is 4. The SMILES string of the molecule is C=CCn1cnnc1SCC(=O)Nc1ccc(C)c(Br)c1. The zero-order valence-electron chi connectivity index (χ0n) is 11.5. The molecule has 0 unspecified atom stereocenters. The lowest BCUT2D eigenvalue weighted by Gasteiger charge is -2.07. The van der Waals surface area contributed by atoms with E-state index in [1.54, 1.807) is 12.4 Å². The second kappa shape index (κ2) is 7.42. The van der Waals surface area contributed by atoms with Crippen LogP contribution in [0.25, 0.3) is 0 Å². The molecule has 0 saturated heterocycles. The van der Waals surface area contributed by atoms with Gasteiger partial charge >= 0.3 is 0 Å². The minimum atomic E-state index is -0.0797. The Bertz CT molecular complexity index is 656. The van der Waals surface area contributed by atoms with Crippen LogP contribution in [0.15, 0.2) is 46.8 Å². The molecule has 21 heavy (non-hydrogen) atoms. The van der Waals surface area contributed by atoms with Crippen molar-refractivity contribution in [3.05, 3.63) is 47.2 Å². The molecule has 0 atom stereocenters. The Morgan fingerprint density at radius 1 is 1.57 bits per heavy atom. The molecule has 0 aliphatic heterocycles. The largest absolute Gasteiger partial charge is 0.325 e. The maximum Gasteiger partial charge on any atom is 0.234 e. The number of thioether (sulfide) groups is 1. The minimum Gasteiger partial charge on any atom is -0.325 e. The van der Waals surface area contributed by atoms with Gasteiger partial charge in [0.15, 0.2) is 5.16 Å². The number of nitrogens with zero attached hydrogens (tertiary/aromatic N) is 3. The first-order valence-corrected chi connectivity index (χ1v) is 8.05. The molecule has 0 aliphatic rings. The first-order chi connectivity index (χ1) is 10.1. The molecule has 1 aromatic carbocycles. The summed E-state index contributed by atoms with van der Waals surface area (Å²) in [5.41, 5.74) is 1.89. The van der Waals surface area contributed by atoms with Gasteiger partial charge in [0.25, 0.3) is 0 Å². The van der Waals surface area contributed by atoms with Gasteiger partial charge in [0.2, 0.25) is 5.91 Å². The molecule has 1 N–H and O–H groups in total. The summed E-state index contributed by atoms with van der Waals surface area (Å²) in [7, 11) is 0. The number of amides is 1. The highest BCUT2D eigenvalue weighted by Gasteiger charge is 2.09. The van der Waals surface area contributed by atoms with Gasteiger partial charge in [-0.05, 0) is 24.6 Å². The highest BCUT2D eigenvalue weighted by molar-refractivity contribution is 9.10. The zero-order chi connectivity index (χ0) is 15.2. The Balaban J connectivity index is 1.91. The predicted octanol–water partition coefficient (Wildman–Crippen LogP) is 3.27. The van der Waals surface area contributed by atoms with Crippen LogP contribution in [-0.2, 0) is 11.3 Å². The van der Waals surface area contributed by atoms with E-state index in [0.29, 0.717) is 11.7 Å². The van der Waals surface area contributed by atoms with Crippen molar-refractivity contribution >= 4 is 39.3 Å². The average molecular weight is 367 g/mol. The van der Waals surface area contributed by atoms with Crippen LogP contribution in [0.5, 0.6) is 0 Å². The van der Waals surface area contributed by atoms with E-state index in [0.717, 1.165) is 15.7 Å². The number of benzene rings is 1. The van der Waals surface area contributed by atoms with Gasteiger partial charge in [0.1, 0.15) is 6.33 Å². The molecule has 0 aliphatic carbocycles. The van der Waals surface area contributed by atoms with Crippen molar-refractivity contribution in [2.75, 3.05) is 11.1 Å². The van der Waals surface area contributed by atoms with Crippen LogP contribution in [0.2, 0.25) is 0 Å². The smallest absolute Gasteiger partial charge is 0.234 e. The third-order valence-electron chi connectivity index (χ3n) is 2.69. The van der Waals surface area contributed by atoms with E-state index in [4.69, 9.17) is 0 Å². The Labute approximate surface area is 136 Å². The fraction of sp³-hybridized carbons (Fsp3) is 0.214. The molecule has 0 radical (unpaired) electrons. The Morgan fingerprint density at radius 3 is 3.10 bits per heavy atom. The van der Waals surface area contributed by atoms with Gasteiger partial charge in [-0.2, -0.15) is 0 Å². The van der Waals surface area contributed by atoms with Crippen molar-refractivity contribution in [1.82, 2.24) is 14.8 Å². The summed E-state index contributed by atoms with van der Waals surface area (Å²) in [6.45, 7) is 6.30. The van der Waals surface area contributed by atoms with E-state index in [1.165, 1.54) is 11.8 Å². The van der Waals surface area contributed by atoms with Gasteiger partial charge in [-0.1, -0.05) is 39.8 Å². The third-order valence-corrected chi connectivity index (χ3v) is 4.53. The van der Waals surface area contributed by atoms with E-state index in [9.17, 15) is 4.79 Å². The molecule has 110 valence electrons. The number of rotatable bonds is 6. The van der Waals surface area contributed by atoms with E-state index in [1.807, 2.05) is 29.7 Å². The lowest BCUT2D eigenvalue weighted by molar-refractivity contribution is -0.113. The van der Waals surface area contributed by atoms with Crippen LogP contribution in [-0.4, -0.2) is 26.4 Å². The molecule has 0 fully saturated rings. The molecule has 2 aromatic rings. The highest BCUT2D eigenvalue weighted by atomic mass is 79.9. The van der Waals surface area contributed by atoms with Crippen LogP contribution in [0, 0.1) is 6.92 Å². The molecule has 1 aromatic heterocycles. The van der Waals surface area contributed by atoms with Crippen LogP contribution in [0.3, 0.4) is 0 Å². The van der Waals surface area contributed by atoms with Gasteiger partial charge in [0.05, 0.1) is 5.75 Å². The van der Waals surface area contributed by atoms with Crippen molar-refractivity contribution in [3.63, 3.8) is 0 Å². The Hall–Kier alpha value is -1.60. The lowest BCUT2D eigenvalue weighted by atomic mass is 10.2. The van der Waals surface area contributed by atoms with E-state index in [-0.39, 0.29) is 11.7 Å². The highest BCUT2D eigenvalue weighted by Crippen LogP contribution is 2.21. The van der Waals surface area contributed by atoms with Crippen molar-refractivity contribution in [1.29, 1.82) is 0 Å². The van der Waals surface area contributed by atoms with E-state index < -0.39 is 0 Å². The number of carbonyl (C=O) groups is 1. The maximum atomic E-state index is 11.9. The third kappa shape index (κ3) is 4.44. The fourth-order valence-electron chi connectivity index (χ4n) is 1.62. The van der Waals surface area contributed by atoms with Gasteiger partial charge in [-0.3, -0.25) is 4.79 Å². The zero-order valence-corrected chi connectivity index (χ0v) is 13.9. The number of anilines is 1. The van der Waals surface area contributed by atoms with Crippen LogP contribution < -0.4 is 5.32 Å². The number of nitrogens with one attached hydrogen (secondary N) is 1. The molecule has 7 heteroatoms. The topological polar surface area (TPSA) is 59.8 Å². The summed E-state index contributed by atoms with van der Waals surface area (Å²) in [5.74, 6) is 0.199. The van der Waals surface area contributed by atoms with Gasteiger partial charge in [-0.25, -0.2) is 0 Å². The molecule has 0 spiro atoms. The summed E-state index contributed by atoms with van der Waals surface area (Å²) in [5, 5.41) is 11.4. The van der Waals surface area contributed by atoms with Crippen molar-refractivity contribution < 1.29 is 4.79 Å². The van der Waals surface area contributed by atoms with Crippen LogP contribution in [0.4, 0.5) is 5.69 Å². The molecule has 1 amide bonds. The summed E-state index contributed by atoms with van der Waals surface area (Å²) in [6.07, 6.45) is 3.39. The second-order valence-electron chi connectivity index (χ2n) is 4.36. The first kappa shape index (κ1) is 15.8. The number of hydrogen-bond donors (Lipinski definition) is 1. The van der Waals surface area contributed by atoms with Gasteiger partial charge < -0.3 is 9.88 Å². The number of aryl methyl sites for hydroxylation is 1. The fourth-order valence-corrected chi connectivity index (χ4v) is 2.72. The molecular weight excluding hydrogens is 352 g/mol. The summed E-state index contributed by atoms with van der Waals surface area (Å²) in [4.78, 5) is 11.9. The molecule has 2 rings (SSSR count). The summed E-state index contributed by atoms with van der Waals surface area (Å²) in [6, 6.07) is 5.72. The molecule has 1 heterocycles. The number of halogens is 1. The molecule has 0 saturated carbocycles. The first-order valence-electron chi connectivity index (χ1n) is 6.27. The second-order valence-corrected chi connectivity index (χ2v) is 6.15. The monoisotopic (exact) mass is 366 g/mol. The Kier molecular flexibility index (Phi) is 5.58. The number of carbonyl (C=O) groups excluding carboxylic acids is 1. The maximum absolute atomic E-state index is 11.9. The van der Waals surface area contributed by atoms with Crippen LogP contribution >= 0.6 is 27.7 Å². The van der Waals surface area contributed by atoms with Crippen LogP contribution in [0.1, 0.15) is 5.56 Å². The standard InChI is InChI=1S/C14H15BrN4OS/c1-3-6-19-9-16-18-14(19)21-8-13(20)17-11-5-4-10(2)12(15)7-11/h3-5,7,9H,1,6,8H2,2H3,(H,17,20). The number of aromatic nitrogens is 3. The van der Waals surface area contributed by atoms with Gasteiger partial charge in [0, 0.05) is 16.7 Å². The van der Waals surface area contributed by atoms with E-state index >= 15 is 0 Å². The molecule has 0 bridgehead atoms. The quantitative estimate of drug-likeness (QED) is 0.629. The Morgan fingerprint density at radius 2 is 2.38 bits per heavy atom. The summed E-state index contributed by atoms with van der Waals surface area (Å²) < 4.78 is 2.81. The van der Waals surface area contributed by atoms with E-state index in [2.05, 4.69) is 38.0 Å². The van der Waals surface area contributed by atoms with Gasteiger partial charge in [-0.15, -0.1) is 16.8 Å². The van der Waals surface area contributed by atoms with Crippen molar-refractivity contribution in [3.8, 4) is 0 Å².